The molecule has 1 saturated heterocycles. The maximum atomic E-state index is 14.1. The van der Waals surface area contributed by atoms with E-state index in [0.29, 0.717) is 16.8 Å². The number of thioether (sulfide) groups is 1. The zero-order valence-corrected chi connectivity index (χ0v) is 33.2. The lowest BCUT2D eigenvalue weighted by atomic mass is 10.0. The number of benzene rings is 2. The number of hydrogen-bond acceptors (Lipinski definition) is 13. The van der Waals surface area contributed by atoms with Crippen LogP contribution in [-0.4, -0.2) is 82.9 Å². The molecule has 1 aliphatic heterocycles. The van der Waals surface area contributed by atoms with E-state index in [1.807, 2.05) is 0 Å². The summed E-state index contributed by atoms with van der Waals surface area (Å²) in [5, 5.41) is 13.7. The van der Waals surface area contributed by atoms with Gasteiger partial charge in [-0.25, -0.2) is 32.4 Å². The van der Waals surface area contributed by atoms with Crippen LogP contribution >= 0.6 is 11.8 Å². The number of carbonyl (C=O) groups is 3. The lowest BCUT2D eigenvalue weighted by Gasteiger charge is -2.32. The number of hydrogen-bond donors (Lipinski definition) is 1. The fraction of sp³-hybridized carbons (Fsp3) is 0.316. The molecule has 0 saturated carbocycles. The summed E-state index contributed by atoms with van der Waals surface area (Å²) in [7, 11) is -4.13. The fourth-order valence-corrected chi connectivity index (χ4v) is 9.39. The zero-order chi connectivity index (χ0) is 41.3. The predicted molar refractivity (Wildman–Crippen MR) is 209 cm³/mol. The van der Waals surface area contributed by atoms with Gasteiger partial charge in [0, 0.05) is 41.9 Å². The highest BCUT2D eigenvalue weighted by atomic mass is 32.2. The van der Waals surface area contributed by atoms with Crippen LogP contribution in [-0.2, 0) is 42.1 Å². The number of esters is 2. The standard InChI is InChI=1S/C38H39N7O10S2/c1-37(2,3)55-35(48)29(41-34(47)32-38(4,5)56-23-43(32)57(52,53)28-8-6-18-39-21-28)20-24-10-12-25(13-11-24)44-33-30(9-7-19-40-33)42(36(44)49)22-31(46)54-27-16-14-26(15-17-27)45(50)51/h6-19,21,29,32H,20,22-23H2,1-5H3,(H,41,47). The van der Waals surface area contributed by atoms with E-state index in [9.17, 15) is 37.7 Å². The summed E-state index contributed by atoms with van der Waals surface area (Å²) in [6.07, 6.45) is 4.12. The third-order valence-electron chi connectivity index (χ3n) is 8.90. The number of ether oxygens (including phenoxy) is 2. The average Bonchev–Trinajstić information content (AvgIpc) is 3.63. The van der Waals surface area contributed by atoms with Gasteiger partial charge in [0.2, 0.25) is 15.9 Å². The largest absolute Gasteiger partial charge is 0.458 e. The van der Waals surface area contributed by atoms with Gasteiger partial charge in [-0.1, -0.05) is 12.1 Å². The van der Waals surface area contributed by atoms with Crippen molar-refractivity contribution in [1.82, 2.24) is 28.7 Å². The number of rotatable bonds is 12. The Labute approximate surface area is 331 Å². The molecular formula is C38H39N7O10S2. The van der Waals surface area contributed by atoms with Gasteiger partial charge >= 0.3 is 17.6 Å². The lowest BCUT2D eigenvalue weighted by Crippen LogP contribution is -2.57. The van der Waals surface area contributed by atoms with Crippen LogP contribution in [0.5, 0.6) is 5.75 Å². The first-order valence-corrected chi connectivity index (χ1v) is 20.0. The Morgan fingerprint density at radius 3 is 2.35 bits per heavy atom. The molecule has 1 amide bonds. The summed E-state index contributed by atoms with van der Waals surface area (Å²) in [6, 6.07) is 15.2. The minimum atomic E-state index is -4.13. The van der Waals surface area contributed by atoms with Gasteiger partial charge in [0.05, 0.1) is 22.0 Å². The number of fused-ring (bicyclic) bond motifs is 1. The van der Waals surface area contributed by atoms with Crippen LogP contribution in [0.2, 0.25) is 0 Å². The van der Waals surface area contributed by atoms with Crippen LogP contribution < -0.4 is 15.7 Å². The van der Waals surface area contributed by atoms with Crippen molar-refractivity contribution in [3.8, 4) is 11.4 Å². The molecule has 0 spiro atoms. The number of pyridine rings is 2. The number of nitrogens with zero attached hydrogens (tertiary/aromatic N) is 6. The average molecular weight is 818 g/mol. The highest BCUT2D eigenvalue weighted by molar-refractivity contribution is 8.02. The molecular weight excluding hydrogens is 779 g/mol. The molecule has 298 valence electrons. The number of sulfonamides is 1. The summed E-state index contributed by atoms with van der Waals surface area (Å²) in [5.74, 6) is -2.13. The van der Waals surface area contributed by atoms with Crippen molar-refractivity contribution in [2.75, 3.05) is 5.88 Å². The molecule has 1 fully saturated rings. The Kier molecular flexibility index (Phi) is 11.4. The Balaban J connectivity index is 1.25. The first kappa shape index (κ1) is 40.7. The molecule has 1 aliphatic rings. The molecule has 6 rings (SSSR count). The molecule has 1 N–H and O–H groups in total. The van der Waals surface area contributed by atoms with Crippen molar-refractivity contribution < 1.29 is 37.2 Å². The monoisotopic (exact) mass is 817 g/mol. The second-order valence-electron chi connectivity index (χ2n) is 14.6. The van der Waals surface area contributed by atoms with Gasteiger partial charge in [-0.3, -0.25) is 24.5 Å². The van der Waals surface area contributed by atoms with Crippen LogP contribution in [0.15, 0.2) is 101 Å². The number of nitro groups is 1. The summed E-state index contributed by atoms with van der Waals surface area (Å²) >= 11 is 1.29. The summed E-state index contributed by atoms with van der Waals surface area (Å²) in [6.45, 7) is 8.10. The molecule has 17 nitrogen and oxygen atoms in total. The number of nitrogens with one attached hydrogen (secondary N) is 1. The first-order chi connectivity index (χ1) is 26.9. The maximum Gasteiger partial charge on any atom is 0.335 e. The Morgan fingerprint density at radius 2 is 1.72 bits per heavy atom. The summed E-state index contributed by atoms with van der Waals surface area (Å²) in [4.78, 5) is 73.0. The molecule has 2 atom stereocenters. The topological polar surface area (TPSA) is 215 Å². The van der Waals surface area contributed by atoms with E-state index in [0.717, 1.165) is 4.31 Å². The molecule has 0 radical (unpaired) electrons. The SMILES string of the molecule is CC(C)(C)OC(=O)C(Cc1ccc(-n2c(=O)n(CC(=O)Oc3ccc([N+](=O)[O-])cc3)c3cccnc32)cc1)NC(=O)C1N(S(=O)(=O)c2cccnc2)CSC1(C)C. The summed E-state index contributed by atoms with van der Waals surface area (Å²) < 4.78 is 41.1. The quantitative estimate of drug-likeness (QED) is 0.0817. The molecule has 19 heteroatoms. The van der Waals surface area contributed by atoms with Crippen LogP contribution in [0.1, 0.15) is 40.2 Å². The van der Waals surface area contributed by atoms with Crippen LogP contribution in [0.3, 0.4) is 0 Å². The van der Waals surface area contributed by atoms with E-state index in [1.54, 1.807) is 71.0 Å². The summed E-state index contributed by atoms with van der Waals surface area (Å²) in [5.41, 5.74) is -0.129. The molecule has 0 bridgehead atoms. The minimum absolute atomic E-state index is 0.00643. The number of imidazole rings is 1. The number of aromatic nitrogens is 4. The molecule has 4 heterocycles. The van der Waals surface area contributed by atoms with Crippen molar-refractivity contribution >= 4 is 56.5 Å². The number of non-ortho nitro benzene ring substituents is 1. The molecule has 2 aromatic carbocycles. The van der Waals surface area contributed by atoms with Crippen LogP contribution in [0.4, 0.5) is 5.69 Å². The zero-order valence-electron chi connectivity index (χ0n) is 31.5. The molecule has 2 unspecified atom stereocenters. The number of carbonyl (C=O) groups excluding carboxylic acids is 3. The van der Waals surface area contributed by atoms with Gasteiger partial charge in [0.15, 0.2) is 5.65 Å². The third-order valence-corrected chi connectivity index (χ3v) is 12.2. The predicted octanol–water partition coefficient (Wildman–Crippen LogP) is 4.01. The molecule has 3 aromatic heterocycles. The second kappa shape index (κ2) is 15.9. The first-order valence-electron chi connectivity index (χ1n) is 17.6. The van der Waals surface area contributed by atoms with Gasteiger partial charge in [-0.05, 0) is 88.7 Å². The highest BCUT2D eigenvalue weighted by Gasteiger charge is 2.51. The Bertz CT molecular complexity index is 2500. The molecule has 0 aliphatic carbocycles. The van der Waals surface area contributed by atoms with Crippen molar-refractivity contribution in [3.63, 3.8) is 0 Å². The van der Waals surface area contributed by atoms with E-state index in [-0.39, 0.29) is 34.3 Å². The van der Waals surface area contributed by atoms with Crippen molar-refractivity contribution in [2.24, 2.45) is 0 Å². The van der Waals surface area contributed by atoms with E-state index in [1.165, 1.54) is 75.9 Å². The van der Waals surface area contributed by atoms with Crippen molar-refractivity contribution in [1.29, 1.82) is 0 Å². The van der Waals surface area contributed by atoms with Crippen LogP contribution in [0.25, 0.3) is 16.9 Å². The van der Waals surface area contributed by atoms with Gasteiger partial charge < -0.3 is 14.8 Å². The third kappa shape index (κ3) is 8.90. The van der Waals surface area contributed by atoms with E-state index in [4.69, 9.17) is 9.47 Å². The Morgan fingerprint density at radius 1 is 1.04 bits per heavy atom. The van der Waals surface area contributed by atoms with Crippen LogP contribution in [0, 0.1) is 10.1 Å². The van der Waals surface area contributed by atoms with E-state index >= 15 is 0 Å². The minimum Gasteiger partial charge on any atom is -0.458 e. The molecule has 5 aromatic rings. The Hall–Kier alpha value is -5.92. The van der Waals surface area contributed by atoms with Crippen molar-refractivity contribution in [2.45, 2.75) is 74.9 Å². The normalized spacial score (nSPS) is 16.2. The van der Waals surface area contributed by atoms with Crippen molar-refractivity contribution in [3.05, 3.63) is 118 Å². The highest BCUT2D eigenvalue weighted by Crippen LogP contribution is 2.42. The van der Waals surface area contributed by atoms with E-state index in [2.05, 4.69) is 15.3 Å². The molecule has 57 heavy (non-hydrogen) atoms. The van der Waals surface area contributed by atoms with Gasteiger partial charge in [-0.2, -0.15) is 4.31 Å². The van der Waals surface area contributed by atoms with Gasteiger partial charge in [0.1, 0.15) is 34.9 Å². The smallest absolute Gasteiger partial charge is 0.335 e. The number of amides is 1. The van der Waals surface area contributed by atoms with E-state index < -0.39 is 67.5 Å². The number of nitro benzene ring substituents is 1. The van der Waals surface area contributed by atoms with Gasteiger partial charge in [-0.15, -0.1) is 11.8 Å². The second-order valence-corrected chi connectivity index (χ2v) is 18.1. The maximum absolute atomic E-state index is 14.1. The van der Waals surface area contributed by atoms with Gasteiger partial charge in [0.25, 0.3) is 5.69 Å². The lowest BCUT2D eigenvalue weighted by molar-refractivity contribution is -0.384. The fourth-order valence-electron chi connectivity index (χ4n) is 6.25.